The van der Waals surface area contributed by atoms with E-state index in [0.717, 1.165) is 41.0 Å². The Morgan fingerprint density at radius 2 is 1.48 bits per heavy atom. The fourth-order valence-corrected chi connectivity index (χ4v) is 7.30. The minimum Gasteiger partial charge on any atom is -0.497 e. The number of ether oxygens (including phenoxy) is 3. The number of nitrogens with zero attached hydrogens (tertiary/aromatic N) is 6. The standard InChI is InChI=1S/C40H48N8O5S/c1-8-40(9-2,46-54(50)39(3,4)5)29-18-19-41-34(22-29)44-35-23-33-32(24-42-35)36(45-37(43-33)48-20-21-53-38(48)49)47(25-27-10-14-30(51-6)15-11-27)26-28-12-16-31(52-7)17-13-28/h10-19,22-24,46H,8-9,20-21,25-26H2,1-7H3,(H,41,42,44). The smallest absolute Gasteiger partial charge is 0.416 e. The van der Waals surface area contributed by atoms with Crippen molar-refractivity contribution in [1.29, 1.82) is 0 Å². The van der Waals surface area contributed by atoms with Crippen LogP contribution in [0.15, 0.2) is 79.1 Å². The summed E-state index contributed by atoms with van der Waals surface area (Å²) < 4.78 is 32.3. The Bertz CT molecular complexity index is 2050. The first-order valence-corrected chi connectivity index (χ1v) is 19.2. The molecule has 5 aromatic rings. The average molecular weight is 753 g/mol. The molecule has 0 saturated carbocycles. The van der Waals surface area contributed by atoms with Crippen LogP contribution in [-0.2, 0) is 34.4 Å². The molecule has 0 bridgehead atoms. The first-order chi connectivity index (χ1) is 25.9. The zero-order valence-electron chi connectivity index (χ0n) is 31.9. The molecule has 0 spiro atoms. The molecule has 1 amide bonds. The van der Waals surface area contributed by atoms with Gasteiger partial charge in [-0.15, -0.1) is 0 Å². The van der Waals surface area contributed by atoms with Crippen molar-refractivity contribution in [2.24, 2.45) is 0 Å². The van der Waals surface area contributed by atoms with Crippen molar-refractivity contribution in [3.05, 3.63) is 95.8 Å². The van der Waals surface area contributed by atoms with Gasteiger partial charge in [-0.3, -0.25) is 0 Å². The van der Waals surface area contributed by atoms with Crippen molar-refractivity contribution in [1.82, 2.24) is 24.7 Å². The molecule has 284 valence electrons. The van der Waals surface area contributed by atoms with Gasteiger partial charge in [0.2, 0.25) is 5.95 Å². The summed E-state index contributed by atoms with van der Waals surface area (Å²) in [5, 5.41) is 4.06. The maximum absolute atomic E-state index is 13.2. The minimum atomic E-state index is -1.28. The molecule has 2 N–H and O–H groups in total. The van der Waals surface area contributed by atoms with E-state index in [0.29, 0.717) is 48.0 Å². The molecule has 1 aliphatic rings. The summed E-state index contributed by atoms with van der Waals surface area (Å²) in [5.74, 6) is 3.45. The van der Waals surface area contributed by atoms with Crippen molar-refractivity contribution in [3.63, 3.8) is 0 Å². The fourth-order valence-electron chi connectivity index (χ4n) is 6.23. The summed E-state index contributed by atoms with van der Waals surface area (Å²) in [5.41, 5.74) is 3.09. The quantitative estimate of drug-likeness (QED) is 0.110. The van der Waals surface area contributed by atoms with Gasteiger partial charge in [0.1, 0.15) is 35.6 Å². The second-order valence-electron chi connectivity index (χ2n) is 14.1. The third kappa shape index (κ3) is 8.55. The Labute approximate surface area is 319 Å². The van der Waals surface area contributed by atoms with Crippen LogP contribution in [-0.4, -0.2) is 62.4 Å². The summed E-state index contributed by atoms with van der Waals surface area (Å²) >= 11 is 0. The highest BCUT2D eigenvalue weighted by molar-refractivity contribution is 7.84. The number of benzene rings is 2. The summed E-state index contributed by atoms with van der Waals surface area (Å²) in [4.78, 5) is 35.7. The molecule has 4 heterocycles. The Morgan fingerprint density at radius 3 is 2.02 bits per heavy atom. The lowest BCUT2D eigenvalue weighted by atomic mass is 9.86. The number of nitrogens with one attached hydrogen (secondary N) is 2. The molecule has 1 atom stereocenters. The highest BCUT2D eigenvalue weighted by Crippen LogP contribution is 2.34. The van der Waals surface area contributed by atoms with E-state index in [4.69, 9.17) is 29.2 Å². The van der Waals surface area contributed by atoms with Crippen LogP contribution < -0.4 is 29.3 Å². The summed E-state index contributed by atoms with van der Waals surface area (Å²) in [6.07, 6.45) is 4.45. The number of cyclic esters (lactones) is 1. The lowest BCUT2D eigenvalue weighted by Gasteiger charge is -2.35. The van der Waals surface area contributed by atoms with E-state index >= 15 is 0 Å². The molecule has 0 aliphatic carbocycles. The third-order valence-electron chi connectivity index (χ3n) is 9.54. The van der Waals surface area contributed by atoms with E-state index in [1.54, 1.807) is 26.6 Å². The fraction of sp³-hybridized carbons (Fsp3) is 0.375. The molecule has 1 unspecified atom stereocenters. The van der Waals surface area contributed by atoms with E-state index in [1.807, 2.05) is 87.5 Å². The predicted molar refractivity (Wildman–Crippen MR) is 213 cm³/mol. The topological polar surface area (TPSA) is 144 Å². The van der Waals surface area contributed by atoms with Gasteiger partial charge in [-0.1, -0.05) is 38.1 Å². The van der Waals surface area contributed by atoms with Crippen LogP contribution in [0, 0.1) is 0 Å². The van der Waals surface area contributed by atoms with Crippen molar-refractivity contribution >= 4 is 51.4 Å². The van der Waals surface area contributed by atoms with Crippen LogP contribution in [0.1, 0.15) is 64.2 Å². The van der Waals surface area contributed by atoms with Gasteiger partial charge in [-0.25, -0.2) is 33.6 Å². The van der Waals surface area contributed by atoms with Gasteiger partial charge in [0.25, 0.3) is 0 Å². The van der Waals surface area contributed by atoms with Gasteiger partial charge in [0.05, 0.1) is 52.9 Å². The number of carbonyl (C=O) groups excluding carboxylic acids is 1. The Morgan fingerprint density at radius 1 is 0.870 bits per heavy atom. The van der Waals surface area contributed by atoms with Crippen LogP contribution >= 0.6 is 0 Å². The van der Waals surface area contributed by atoms with Crippen molar-refractivity contribution in [2.75, 3.05) is 42.5 Å². The maximum atomic E-state index is 13.2. The lowest BCUT2D eigenvalue weighted by Crippen LogP contribution is -2.47. The van der Waals surface area contributed by atoms with Gasteiger partial charge < -0.3 is 24.4 Å². The number of rotatable bonds is 15. The lowest BCUT2D eigenvalue weighted by molar-refractivity contribution is 0.181. The molecule has 2 aromatic carbocycles. The van der Waals surface area contributed by atoms with Gasteiger partial charge >= 0.3 is 6.09 Å². The van der Waals surface area contributed by atoms with E-state index in [-0.39, 0.29) is 12.6 Å². The van der Waals surface area contributed by atoms with Gasteiger partial charge in [0.15, 0.2) is 0 Å². The Balaban J connectivity index is 1.40. The molecule has 1 aliphatic heterocycles. The number of methoxy groups -OCH3 is 2. The van der Waals surface area contributed by atoms with E-state index < -0.39 is 27.4 Å². The van der Waals surface area contributed by atoms with Crippen LogP contribution in [0.5, 0.6) is 11.5 Å². The van der Waals surface area contributed by atoms with Gasteiger partial charge in [0, 0.05) is 31.5 Å². The molecule has 54 heavy (non-hydrogen) atoms. The summed E-state index contributed by atoms with van der Waals surface area (Å²) in [7, 11) is 2.01. The number of fused-ring (bicyclic) bond motifs is 1. The monoisotopic (exact) mass is 752 g/mol. The van der Waals surface area contributed by atoms with E-state index in [9.17, 15) is 9.00 Å². The number of pyridine rings is 2. The number of anilines is 4. The van der Waals surface area contributed by atoms with E-state index in [2.05, 4.69) is 33.8 Å². The second kappa shape index (κ2) is 16.4. The number of carbonyl (C=O) groups is 1. The first kappa shape index (κ1) is 38.4. The van der Waals surface area contributed by atoms with Crippen LogP contribution in [0.4, 0.5) is 28.2 Å². The van der Waals surface area contributed by atoms with Gasteiger partial charge in [-0.2, -0.15) is 4.98 Å². The maximum Gasteiger partial charge on any atom is 0.416 e. The van der Waals surface area contributed by atoms with Crippen LogP contribution in [0.2, 0.25) is 0 Å². The molecular formula is C40H48N8O5S. The zero-order valence-corrected chi connectivity index (χ0v) is 32.7. The van der Waals surface area contributed by atoms with Crippen molar-refractivity contribution in [3.8, 4) is 11.5 Å². The summed E-state index contributed by atoms with van der Waals surface area (Å²) in [6, 6.07) is 21.5. The van der Waals surface area contributed by atoms with Crippen molar-refractivity contribution < 1.29 is 23.2 Å². The number of hydrogen-bond acceptors (Lipinski definition) is 11. The normalized spacial score (nSPS) is 13.8. The zero-order chi connectivity index (χ0) is 38.5. The third-order valence-corrected chi connectivity index (χ3v) is 11.2. The molecule has 1 saturated heterocycles. The van der Waals surface area contributed by atoms with E-state index in [1.165, 1.54) is 4.90 Å². The predicted octanol–water partition coefficient (Wildman–Crippen LogP) is 7.41. The highest BCUT2D eigenvalue weighted by Gasteiger charge is 2.34. The van der Waals surface area contributed by atoms with Crippen LogP contribution in [0.3, 0.4) is 0 Å². The van der Waals surface area contributed by atoms with Crippen LogP contribution in [0.25, 0.3) is 10.9 Å². The number of aromatic nitrogens is 4. The molecule has 1 fully saturated rings. The molecule has 13 nitrogen and oxygen atoms in total. The average Bonchev–Trinajstić information content (AvgIpc) is 3.62. The second-order valence-corrected chi connectivity index (χ2v) is 16.0. The molecular weight excluding hydrogens is 705 g/mol. The largest absolute Gasteiger partial charge is 0.497 e. The number of amides is 1. The molecule has 6 rings (SSSR count). The summed E-state index contributed by atoms with van der Waals surface area (Å²) in [6.45, 7) is 11.6. The minimum absolute atomic E-state index is 0.236. The Kier molecular flexibility index (Phi) is 11.6. The molecule has 14 heteroatoms. The highest BCUT2D eigenvalue weighted by atomic mass is 32.2. The van der Waals surface area contributed by atoms with Crippen molar-refractivity contribution in [2.45, 2.75) is 70.8 Å². The number of hydrogen-bond donors (Lipinski definition) is 2. The Hall–Kier alpha value is -5.34. The molecule has 0 radical (unpaired) electrons. The SMILES string of the molecule is CCC(CC)(NS(=O)C(C)(C)C)c1ccnc(Nc2cc3nc(N4CCOC4=O)nc(N(Cc4ccc(OC)cc4)Cc4ccc(OC)cc4)c3cn2)c1. The van der Waals surface area contributed by atoms with Gasteiger partial charge in [-0.05, 0) is 86.7 Å². The molecule has 3 aromatic heterocycles. The first-order valence-electron chi connectivity index (χ1n) is 18.0.